The fourth-order valence-corrected chi connectivity index (χ4v) is 3.36. The Hall–Kier alpha value is -0.487. The third kappa shape index (κ3) is 4.82. The molecular formula is C22H25Cl2Zr-. The molecule has 0 saturated heterocycles. The summed E-state index contributed by atoms with van der Waals surface area (Å²) in [4.78, 5) is 0. The van der Waals surface area contributed by atoms with E-state index in [-0.39, 0.29) is 0 Å². The van der Waals surface area contributed by atoms with Crippen LogP contribution in [-0.2, 0) is 27.3 Å². The molecule has 0 saturated carbocycles. The molecule has 3 aromatic carbocycles. The van der Waals surface area contributed by atoms with Gasteiger partial charge in [0.25, 0.3) is 0 Å². The summed E-state index contributed by atoms with van der Waals surface area (Å²) in [6.07, 6.45) is 2.26. The summed E-state index contributed by atoms with van der Waals surface area (Å²) < 4.78 is 0. The summed E-state index contributed by atoms with van der Waals surface area (Å²) in [5, 5.41) is 2.79. The van der Waals surface area contributed by atoms with Crippen molar-refractivity contribution in [2.45, 2.75) is 46.5 Å². The van der Waals surface area contributed by atoms with E-state index in [0.29, 0.717) is 5.92 Å². The van der Waals surface area contributed by atoms with Crippen LogP contribution in [0.15, 0.2) is 48.5 Å². The molecule has 0 aliphatic carbocycles. The molecule has 0 aliphatic rings. The van der Waals surface area contributed by atoms with E-state index in [1.807, 2.05) is 0 Å². The van der Waals surface area contributed by atoms with E-state index in [9.17, 15) is 0 Å². The van der Waals surface area contributed by atoms with E-state index in [4.69, 9.17) is 17.0 Å². The normalized spacial score (nSPS) is 11.8. The molecule has 3 heteroatoms. The summed E-state index contributed by atoms with van der Waals surface area (Å²) in [7, 11) is 9.87. The average molecular weight is 452 g/mol. The van der Waals surface area contributed by atoms with Gasteiger partial charge in [0.05, 0.1) is 0 Å². The van der Waals surface area contributed by atoms with Crippen molar-refractivity contribution in [2.75, 3.05) is 0 Å². The second-order valence-corrected chi connectivity index (χ2v) is 10.2. The summed E-state index contributed by atoms with van der Waals surface area (Å²) >= 11 is -0.826. The molecule has 1 unspecified atom stereocenters. The van der Waals surface area contributed by atoms with Crippen molar-refractivity contribution < 1.29 is 20.8 Å². The molecule has 0 heterocycles. The molecule has 3 rings (SSSR count). The van der Waals surface area contributed by atoms with Gasteiger partial charge in [-0.2, -0.15) is 6.07 Å². The maximum absolute atomic E-state index is 4.93. The average Bonchev–Trinajstić information content (AvgIpc) is 3.06. The Bertz CT molecular complexity index is 820. The molecule has 3 aromatic rings. The van der Waals surface area contributed by atoms with E-state index in [0.717, 1.165) is 6.42 Å². The van der Waals surface area contributed by atoms with E-state index in [2.05, 4.69) is 76.2 Å². The minimum absolute atomic E-state index is 0.627. The van der Waals surface area contributed by atoms with Crippen LogP contribution in [0, 0.1) is 6.92 Å². The van der Waals surface area contributed by atoms with Gasteiger partial charge in [-0.1, -0.05) is 62.6 Å². The fourth-order valence-electron chi connectivity index (χ4n) is 3.36. The van der Waals surface area contributed by atoms with Gasteiger partial charge in [-0.15, -0.1) is 34.5 Å². The fraction of sp³-hybridized carbons (Fsp3) is 0.318. The van der Waals surface area contributed by atoms with Crippen LogP contribution in [0.3, 0.4) is 0 Å². The van der Waals surface area contributed by atoms with Crippen LogP contribution in [0.1, 0.15) is 49.8 Å². The van der Waals surface area contributed by atoms with Gasteiger partial charge in [-0.25, -0.2) is 0 Å². The number of rotatable bonds is 4. The van der Waals surface area contributed by atoms with E-state index in [1.54, 1.807) is 0 Å². The zero-order valence-corrected chi connectivity index (χ0v) is 19.3. The van der Waals surface area contributed by atoms with Gasteiger partial charge in [-0.05, 0) is 30.4 Å². The van der Waals surface area contributed by atoms with Gasteiger partial charge in [0.2, 0.25) is 0 Å². The Morgan fingerprint density at radius 2 is 1.76 bits per heavy atom. The molecule has 0 radical (unpaired) electrons. The molecule has 0 nitrogen and oxygen atoms in total. The number of halogens is 2. The molecule has 0 aliphatic heterocycles. The summed E-state index contributed by atoms with van der Waals surface area (Å²) in [5.74, 6) is 0.627. The Morgan fingerprint density at radius 3 is 2.40 bits per heavy atom. The second kappa shape index (κ2) is 10.0. The standard InChI is InChI=1S/C22H25.2ClH.Zr/c1-5-15(3)19-13-18-12-11-16(4)22(21(18)14-19)20-10-8-7-9-17(20)6-2;;;/h7-15H,5-6H2,1-4H3;2*1H;/q-1;;;+2/p-2. The molecule has 0 spiro atoms. The summed E-state index contributed by atoms with van der Waals surface area (Å²) in [6, 6.07) is 18.2. The Kier molecular flexibility index (Phi) is 8.33. The zero-order valence-electron chi connectivity index (χ0n) is 15.4. The van der Waals surface area contributed by atoms with Crippen molar-refractivity contribution in [3.8, 4) is 11.1 Å². The van der Waals surface area contributed by atoms with Gasteiger partial charge in [0.1, 0.15) is 0 Å². The van der Waals surface area contributed by atoms with Crippen LogP contribution in [0.4, 0.5) is 0 Å². The number of fused-ring (bicyclic) bond motifs is 1. The van der Waals surface area contributed by atoms with Gasteiger partial charge in [0.15, 0.2) is 0 Å². The van der Waals surface area contributed by atoms with Crippen LogP contribution in [-0.4, -0.2) is 0 Å². The van der Waals surface area contributed by atoms with Crippen molar-refractivity contribution in [2.24, 2.45) is 0 Å². The number of hydrogen-bond acceptors (Lipinski definition) is 0. The van der Waals surface area contributed by atoms with Crippen LogP contribution < -0.4 is 0 Å². The minimum atomic E-state index is -0.826. The van der Waals surface area contributed by atoms with E-state index >= 15 is 0 Å². The molecule has 0 amide bonds. The first-order valence-electron chi connectivity index (χ1n) is 8.81. The number of hydrogen-bond donors (Lipinski definition) is 0. The second-order valence-electron chi connectivity index (χ2n) is 6.44. The van der Waals surface area contributed by atoms with Gasteiger partial charge >= 0.3 is 37.9 Å². The Labute approximate surface area is 170 Å². The molecule has 0 N–H and O–H groups in total. The third-order valence-electron chi connectivity index (χ3n) is 4.97. The summed E-state index contributed by atoms with van der Waals surface area (Å²) in [6.45, 7) is 9.06. The number of aryl methyl sites for hydroxylation is 2. The third-order valence-corrected chi connectivity index (χ3v) is 4.97. The predicted molar refractivity (Wildman–Crippen MR) is 110 cm³/mol. The van der Waals surface area contributed by atoms with Crippen LogP contribution >= 0.6 is 17.0 Å². The SMILES string of the molecule is CCc1ccccc1-c1c(C)ccc2[cH-]c(C(C)CC)cc12.[Cl][Zr][Cl]. The number of benzene rings is 2. The first-order valence-corrected chi connectivity index (χ1v) is 15.1. The Morgan fingerprint density at radius 1 is 1.08 bits per heavy atom. The first-order chi connectivity index (χ1) is 12.1. The van der Waals surface area contributed by atoms with Crippen molar-refractivity contribution in [1.29, 1.82) is 0 Å². The van der Waals surface area contributed by atoms with Crippen molar-refractivity contribution in [3.63, 3.8) is 0 Å². The van der Waals surface area contributed by atoms with E-state index < -0.39 is 20.8 Å². The van der Waals surface area contributed by atoms with Crippen LogP contribution in [0.2, 0.25) is 0 Å². The molecule has 25 heavy (non-hydrogen) atoms. The maximum atomic E-state index is 4.93. The molecule has 132 valence electrons. The first kappa shape index (κ1) is 20.8. The summed E-state index contributed by atoms with van der Waals surface area (Å²) in [5.41, 5.74) is 7.09. The van der Waals surface area contributed by atoms with Crippen molar-refractivity contribution >= 4 is 27.8 Å². The van der Waals surface area contributed by atoms with Crippen molar-refractivity contribution in [1.82, 2.24) is 0 Å². The topological polar surface area (TPSA) is 0 Å². The molecule has 0 fully saturated rings. The zero-order chi connectivity index (χ0) is 18.4. The van der Waals surface area contributed by atoms with Crippen LogP contribution in [0.5, 0.6) is 0 Å². The predicted octanol–water partition coefficient (Wildman–Crippen LogP) is 7.99. The van der Waals surface area contributed by atoms with Crippen LogP contribution in [0.25, 0.3) is 21.9 Å². The molecule has 1 atom stereocenters. The monoisotopic (exact) mass is 449 g/mol. The Balaban J connectivity index is 0.000000701. The quantitative estimate of drug-likeness (QED) is 0.353. The van der Waals surface area contributed by atoms with Gasteiger partial charge in [0, 0.05) is 0 Å². The molecular weight excluding hydrogens is 426 g/mol. The molecule has 0 bridgehead atoms. The van der Waals surface area contributed by atoms with Gasteiger partial charge in [-0.3, -0.25) is 0 Å². The van der Waals surface area contributed by atoms with Crippen molar-refractivity contribution in [3.05, 3.63) is 65.2 Å². The van der Waals surface area contributed by atoms with E-state index in [1.165, 1.54) is 45.0 Å². The molecule has 0 aromatic heterocycles. The van der Waals surface area contributed by atoms with Gasteiger partial charge < -0.3 is 0 Å².